The SMILES string of the molecule is CCCCN(C(=O)C[C@@H]1C(=O)NCCN1Cc1ccc(F)cc1)C(C)C. The van der Waals surface area contributed by atoms with Crippen LogP contribution in [0.1, 0.15) is 45.6 Å². The molecular formula is C20H30FN3O2. The second-order valence-electron chi connectivity index (χ2n) is 7.14. The molecule has 26 heavy (non-hydrogen) atoms. The second kappa shape index (κ2) is 9.67. The molecule has 2 rings (SSSR count). The standard InChI is InChI=1S/C20H30FN3O2/c1-4-5-11-24(15(2)3)19(25)13-18-20(26)22-10-12-23(18)14-16-6-8-17(21)9-7-16/h6-9,15,18H,4-5,10-14H2,1-3H3,(H,22,26)/t18-/m1/s1. The number of hydrogen-bond acceptors (Lipinski definition) is 3. The molecule has 0 unspecified atom stereocenters. The van der Waals surface area contributed by atoms with Crippen LogP contribution in [0.3, 0.4) is 0 Å². The molecule has 0 aromatic heterocycles. The Morgan fingerprint density at radius 2 is 2.04 bits per heavy atom. The fraction of sp³-hybridized carbons (Fsp3) is 0.600. The lowest BCUT2D eigenvalue weighted by Crippen LogP contribution is -2.56. The quantitative estimate of drug-likeness (QED) is 0.772. The molecule has 1 heterocycles. The van der Waals surface area contributed by atoms with Crippen molar-refractivity contribution in [2.75, 3.05) is 19.6 Å². The highest BCUT2D eigenvalue weighted by molar-refractivity contribution is 5.89. The summed E-state index contributed by atoms with van der Waals surface area (Å²) < 4.78 is 13.1. The van der Waals surface area contributed by atoms with Gasteiger partial charge in [-0.1, -0.05) is 25.5 Å². The Balaban J connectivity index is 2.07. The topological polar surface area (TPSA) is 52.7 Å². The highest BCUT2D eigenvalue weighted by Crippen LogP contribution is 2.16. The highest BCUT2D eigenvalue weighted by Gasteiger charge is 2.33. The molecule has 1 aromatic carbocycles. The van der Waals surface area contributed by atoms with Crippen LogP contribution in [0.4, 0.5) is 4.39 Å². The van der Waals surface area contributed by atoms with E-state index in [1.54, 1.807) is 12.1 Å². The van der Waals surface area contributed by atoms with Gasteiger partial charge in [-0.3, -0.25) is 14.5 Å². The highest BCUT2D eigenvalue weighted by atomic mass is 19.1. The normalized spacial score (nSPS) is 18.0. The molecule has 1 aliphatic heterocycles. The third-order valence-corrected chi connectivity index (χ3v) is 4.80. The van der Waals surface area contributed by atoms with Crippen LogP contribution in [0.5, 0.6) is 0 Å². The monoisotopic (exact) mass is 363 g/mol. The smallest absolute Gasteiger partial charge is 0.237 e. The first-order valence-electron chi connectivity index (χ1n) is 9.48. The van der Waals surface area contributed by atoms with Crippen LogP contribution in [0.15, 0.2) is 24.3 Å². The number of nitrogens with zero attached hydrogens (tertiary/aromatic N) is 2. The van der Waals surface area contributed by atoms with Crippen LogP contribution in [0, 0.1) is 5.82 Å². The molecule has 1 aromatic rings. The van der Waals surface area contributed by atoms with E-state index in [1.807, 2.05) is 23.6 Å². The minimum atomic E-state index is -0.482. The summed E-state index contributed by atoms with van der Waals surface area (Å²) in [6.45, 7) is 8.60. The summed E-state index contributed by atoms with van der Waals surface area (Å²) in [5.74, 6) is -0.370. The van der Waals surface area contributed by atoms with Gasteiger partial charge in [0.2, 0.25) is 11.8 Å². The van der Waals surface area contributed by atoms with Crippen molar-refractivity contribution < 1.29 is 14.0 Å². The van der Waals surface area contributed by atoms with Crippen molar-refractivity contribution >= 4 is 11.8 Å². The minimum Gasteiger partial charge on any atom is -0.353 e. The van der Waals surface area contributed by atoms with Gasteiger partial charge in [-0.25, -0.2) is 4.39 Å². The Labute approximate surface area is 155 Å². The number of carbonyl (C=O) groups excluding carboxylic acids is 2. The Kier molecular flexibility index (Phi) is 7.57. The molecule has 1 aliphatic rings. The largest absolute Gasteiger partial charge is 0.353 e. The number of rotatable bonds is 8. The number of piperazine rings is 1. The fourth-order valence-electron chi connectivity index (χ4n) is 3.28. The molecular weight excluding hydrogens is 333 g/mol. The van der Waals surface area contributed by atoms with E-state index < -0.39 is 6.04 Å². The number of benzene rings is 1. The predicted molar refractivity (Wildman–Crippen MR) is 100.0 cm³/mol. The maximum Gasteiger partial charge on any atom is 0.237 e. The molecule has 1 saturated heterocycles. The summed E-state index contributed by atoms with van der Waals surface area (Å²) in [5, 5.41) is 2.86. The molecule has 1 atom stereocenters. The maximum absolute atomic E-state index is 13.1. The average molecular weight is 363 g/mol. The van der Waals surface area contributed by atoms with E-state index in [1.165, 1.54) is 12.1 Å². The Bertz CT molecular complexity index is 604. The first-order valence-corrected chi connectivity index (χ1v) is 9.48. The zero-order valence-corrected chi connectivity index (χ0v) is 16.0. The van der Waals surface area contributed by atoms with Crippen LogP contribution in [0.25, 0.3) is 0 Å². The zero-order valence-electron chi connectivity index (χ0n) is 16.0. The molecule has 2 amide bonds. The second-order valence-corrected chi connectivity index (χ2v) is 7.14. The first kappa shape index (κ1) is 20.4. The summed E-state index contributed by atoms with van der Waals surface area (Å²) in [6, 6.07) is 5.93. The molecule has 0 bridgehead atoms. The third kappa shape index (κ3) is 5.53. The first-order chi connectivity index (χ1) is 12.4. The Hall–Kier alpha value is -1.95. The summed E-state index contributed by atoms with van der Waals surface area (Å²) in [6.07, 6.45) is 2.16. The van der Waals surface area contributed by atoms with E-state index >= 15 is 0 Å². The van der Waals surface area contributed by atoms with Gasteiger partial charge in [-0.05, 0) is 38.0 Å². The van der Waals surface area contributed by atoms with Gasteiger partial charge < -0.3 is 10.2 Å². The van der Waals surface area contributed by atoms with Gasteiger partial charge >= 0.3 is 0 Å². The predicted octanol–water partition coefficient (Wildman–Crippen LogP) is 2.55. The Morgan fingerprint density at radius 1 is 1.35 bits per heavy atom. The van der Waals surface area contributed by atoms with Crippen LogP contribution >= 0.6 is 0 Å². The molecule has 0 saturated carbocycles. The summed E-state index contributed by atoms with van der Waals surface area (Å²) in [5.41, 5.74) is 0.935. The van der Waals surface area contributed by atoms with E-state index in [2.05, 4.69) is 12.2 Å². The van der Waals surface area contributed by atoms with Crippen LogP contribution in [0.2, 0.25) is 0 Å². The molecule has 1 fully saturated rings. The summed E-state index contributed by atoms with van der Waals surface area (Å²) in [4.78, 5) is 29.1. The number of amides is 2. The van der Waals surface area contributed by atoms with Gasteiger partial charge in [-0.2, -0.15) is 0 Å². The average Bonchev–Trinajstić information content (AvgIpc) is 2.60. The lowest BCUT2D eigenvalue weighted by molar-refractivity contribution is -0.140. The number of halogens is 1. The van der Waals surface area contributed by atoms with Crippen LogP contribution in [-0.4, -0.2) is 53.3 Å². The van der Waals surface area contributed by atoms with E-state index in [9.17, 15) is 14.0 Å². The van der Waals surface area contributed by atoms with Crippen molar-refractivity contribution in [1.82, 2.24) is 15.1 Å². The maximum atomic E-state index is 13.1. The van der Waals surface area contributed by atoms with Gasteiger partial charge in [0.1, 0.15) is 5.82 Å². The lowest BCUT2D eigenvalue weighted by Gasteiger charge is -2.36. The Morgan fingerprint density at radius 3 is 2.65 bits per heavy atom. The van der Waals surface area contributed by atoms with Gasteiger partial charge in [0.25, 0.3) is 0 Å². The van der Waals surface area contributed by atoms with E-state index in [-0.39, 0.29) is 30.1 Å². The van der Waals surface area contributed by atoms with Crippen molar-refractivity contribution in [2.24, 2.45) is 0 Å². The van der Waals surface area contributed by atoms with Gasteiger partial charge in [0.05, 0.1) is 12.5 Å². The molecule has 5 nitrogen and oxygen atoms in total. The van der Waals surface area contributed by atoms with E-state index in [4.69, 9.17) is 0 Å². The molecule has 0 spiro atoms. The van der Waals surface area contributed by atoms with Crippen LogP contribution in [-0.2, 0) is 16.1 Å². The number of nitrogens with one attached hydrogen (secondary N) is 1. The zero-order chi connectivity index (χ0) is 19.1. The van der Waals surface area contributed by atoms with Gasteiger partial charge in [-0.15, -0.1) is 0 Å². The van der Waals surface area contributed by atoms with Crippen molar-refractivity contribution in [3.05, 3.63) is 35.6 Å². The molecule has 0 aliphatic carbocycles. The van der Waals surface area contributed by atoms with E-state index in [0.29, 0.717) is 19.6 Å². The van der Waals surface area contributed by atoms with Crippen LogP contribution < -0.4 is 5.32 Å². The molecule has 6 heteroatoms. The number of carbonyl (C=O) groups is 2. The summed E-state index contributed by atoms with van der Waals surface area (Å²) in [7, 11) is 0. The molecule has 1 N–H and O–H groups in total. The number of unbranched alkanes of at least 4 members (excludes halogenated alkanes) is 1. The van der Waals surface area contributed by atoms with Crippen molar-refractivity contribution in [3.8, 4) is 0 Å². The minimum absolute atomic E-state index is 0.0135. The summed E-state index contributed by atoms with van der Waals surface area (Å²) >= 11 is 0. The fourth-order valence-corrected chi connectivity index (χ4v) is 3.28. The molecule has 144 valence electrons. The van der Waals surface area contributed by atoms with Gasteiger partial charge in [0, 0.05) is 32.2 Å². The third-order valence-electron chi connectivity index (χ3n) is 4.80. The van der Waals surface area contributed by atoms with Crippen molar-refractivity contribution in [2.45, 2.75) is 58.7 Å². The van der Waals surface area contributed by atoms with E-state index in [0.717, 1.165) is 24.9 Å². The van der Waals surface area contributed by atoms with Crippen molar-refractivity contribution in [3.63, 3.8) is 0 Å². The molecule has 0 radical (unpaired) electrons. The number of hydrogen-bond donors (Lipinski definition) is 1. The van der Waals surface area contributed by atoms with Gasteiger partial charge in [0.15, 0.2) is 0 Å². The lowest BCUT2D eigenvalue weighted by atomic mass is 10.1. The van der Waals surface area contributed by atoms with Crippen molar-refractivity contribution in [1.29, 1.82) is 0 Å².